The number of fused-ring (bicyclic) bond motifs is 1. The van der Waals surface area contributed by atoms with Crippen molar-refractivity contribution in [2.75, 3.05) is 32.6 Å². The molecule has 0 spiro atoms. The highest BCUT2D eigenvalue weighted by molar-refractivity contribution is 5.92. The van der Waals surface area contributed by atoms with Gasteiger partial charge in [-0.3, -0.25) is 4.79 Å². The minimum Gasteiger partial charge on any atom is -0.493 e. The molecule has 3 amide bonds. The molecule has 7 nitrogen and oxygen atoms in total. The summed E-state index contributed by atoms with van der Waals surface area (Å²) in [6.45, 7) is 0.784. The van der Waals surface area contributed by atoms with Gasteiger partial charge in [0, 0.05) is 13.1 Å². The number of ether oxygens (including phenoxy) is 2. The minimum absolute atomic E-state index is 0.0559. The highest BCUT2D eigenvalue weighted by Gasteiger charge is 2.23. The molecular weight excluding hydrogens is 365 g/mol. The summed E-state index contributed by atoms with van der Waals surface area (Å²) in [5.41, 5.74) is 2.14. The van der Waals surface area contributed by atoms with Crippen LogP contribution in [-0.4, -0.2) is 44.1 Å². The van der Waals surface area contributed by atoms with Crippen molar-refractivity contribution in [1.29, 1.82) is 0 Å². The van der Waals surface area contributed by atoms with Crippen LogP contribution in [0.4, 0.5) is 14.9 Å². The van der Waals surface area contributed by atoms with Crippen molar-refractivity contribution < 1.29 is 23.5 Å². The average Bonchev–Trinajstić information content (AvgIpc) is 2.72. The SMILES string of the molecule is COc1cc2c(cc1OC)CN(C(=O)CNC(=O)Nc1ccccc1F)CC2. The Morgan fingerprint density at radius 1 is 1.11 bits per heavy atom. The van der Waals surface area contributed by atoms with E-state index in [1.165, 1.54) is 18.2 Å². The highest BCUT2D eigenvalue weighted by Crippen LogP contribution is 2.33. The van der Waals surface area contributed by atoms with E-state index in [1.54, 1.807) is 25.2 Å². The standard InChI is InChI=1S/C20H22FN3O4/c1-27-17-9-13-7-8-24(12-14(13)10-18(17)28-2)19(25)11-22-20(26)23-16-6-4-3-5-15(16)21/h3-6,9-10H,7-8,11-12H2,1-2H3,(H2,22,23,26). The first-order valence-electron chi connectivity index (χ1n) is 8.82. The van der Waals surface area contributed by atoms with Crippen molar-refractivity contribution in [3.8, 4) is 11.5 Å². The Labute approximate surface area is 162 Å². The summed E-state index contributed by atoms with van der Waals surface area (Å²) in [4.78, 5) is 26.0. The second-order valence-electron chi connectivity index (χ2n) is 6.33. The molecule has 0 atom stereocenters. The van der Waals surface area contributed by atoms with Crippen LogP contribution in [0.2, 0.25) is 0 Å². The van der Waals surface area contributed by atoms with Gasteiger partial charge in [-0.05, 0) is 41.8 Å². The molecule has 0 bridgehead atoms. The number of hydrogen-bond acceptors (Lipinski definition) is 4. The summed E-state index contributed by atoms with van der Waals surface area (Å²) >= 11 is 0. The molecule has 148 valence electrons. The number of benzene rings is 2. The molecule has 0 fully saturated rings. The zero-order valence-corrected chi connectivity index (χ0v) is 15.8. The maximum absolute atomic E-state index is 13.6. The van der Waals surface area contributed by atoms with Crippen molar-refractivity contribution in [1.82, 2.24) is 10.2 Å². The summed E-state index contributed by atoms with van der Waals surface area (Å²) in [6, 6.07) is 8.98. The van der Waals surface area contributed by atoms with Gasteiger partial charge in [-0.15, -0.1) is 0 Å². The number of methoxy groups -OCH3 is 2. The van der Waals surface area contributed by atoms with Crippen LogP contribution in [0.25, 0.3) is 0 Å². The Bertz CT molecular complexity index is 888. The van der Waals surface area contributed by atoms with E-state index in [0.717, 1.165) is 11.1 Å². The molecule has 2 aromatic rings. The lowest BCUT2D eigenvalue weighted by molar-refractivity contribution is -0.130. The van der Waals surface area contributed by atoms with E-state index in [0.29, 0.717) is 31.0 Å². The summed E-state index contributed by atoms with van der Waals surface area (Å²) in [5.74, 6) is 0.510. The largest absolute Gasteiger partial charge is 0.493 e. The zero-order chi connectivity index (χ0) is 20.1. The molecule has 0 unspecified atom stereocenters. The van der Waals surface area contributed by atoms with Crippen LogP contribution < -0.4 is 20.1 Å². The summed E-state index contributed by atoms with van der Waals surface area (Å²) in [6.07, 6.45) is 0.683. The van der Waals surface area contributed by atoms with E-state index >= 15 is 0 Å². The molecule has 1 aliphatic rings. The number of amides is 3. The first kappa shape index (κ1) is 19.5. The lowest BCUT2D eigenvalue weighted by Gasteiger charge is -2.29. The third-order valence-corrected chi connectivity index (χ3v) is 4.59. The molecule has 0 aliphatic carbocycles. The first-order valence-corrected chi connectivity index (χ1v) is 8.82. The number of carbonyl (C=O) groups is 2. The van der Waals surface area contributed by atoms with Gasteiger partial charge < -0.3 is 25.0 Å². The van der Waals surface area contributed by atoms with Gasteiger partial charge in [0.1, 0.15) is 5.82 Å². The lowest BCUT2D eigenvalue weighted by atomic mass is 9.98. The van der Waals surface area contributed by atoms with Crippen LogP contribution in [0.5, 0.6) is 11.5 Å². The van der Waals surface area contributed by atoms with Gasteiger partial charge in [-0.25, -0.2) is 9.18 Å². The van der Waals surface area contributed by atoms with Crippen LogP contribution >= 0.6 is 0 Å². The topological polar surface area (TPSA) is 79.9 Å². The molecular formula is C20H22FN3O4. The van der Waals surface area contributed by atoms with Gasteiger partial charge in [-0.2, -0.15) is 0 Å². The number of anilines is 1. The van der Waals surface area contributed by atoms with E-state index in [2.05, 4.69) is 10.6 Å². The van der Waals surface area contributed by atoms with Crippen molar-refractivity contribution in [2.24, 2.45) is 0 Å². The van der Waals surface area contributed by atoms with Crippen molar-refractivity contribution in [3.63, 3.8) is 0 Å². The third-order valence-electron chi connectivity index (χ3n) is 4.59. The van der Waals surface area contributed by atoms with Gasteiger partial charge in [0.15, 0.2) is 11.5 Å². The van der Waals surface area contributed by atoms with E-state index in [9.17, 15) is 14.0 Å². The molecule has 28 heavy (non-hydrogen) atoms. The third kappa shape index (κ3) is 4.33. The molecule has 0 saturated heterocycles. The van der Waals surface area contributed by atoms with Gasteiger partial charge in [0.05, 0.1) is 26.5 Å². The van der Waals surface area contributed by atoms with Crippen LogP contribution in [0, 0.1) is 5.82 Å². The molecule has 3 rings (SSSR count). The summed E-state index contributed by atoms with van der Waals surface area (Å²) in [5, 5.41) is 4.85. The number of urea groups is 1. The normalized spacial score (nSPS) is 12.8. The second kappa shape index (κ2) is 8.60. The quantitative estimate of drug-likeness (QED) is 0.826. The first-order chi connectivity index (χ1) is 13.5. The number of para-hydroxylation sites is 1. The molecule has 8 heteroatoms. The van der Waals surface area contributed by atoms with Crippen LogP contribution in [0.3, 0.4) is 0 Å². The fourth-order valence-electron chi connectivity index (χ4n) is 3.09. The van der Waals surface area contributed by atoms with Crippen molar-refractivity contribution >= 4 is 17.6 Å². The number of carbonyl (C=O) groups excluding carboxylic acids is 2. The molecule has 1 aliphatic heterocycles. The lowest BCUT2D eigenvalue weighted by Crippen LogP contribution is -2.43. The Kier molecular flexibility index (Phi) is 5.98. The number of hydrogen-bond donors (Lipinski definition) is 2. The maximum Gasteiger partial charge on any atom is 0.319 e. The van der Waals surface area contributed by atoms with Crippen LogP contribution in [0.15, 0.2) is 36.4 Å². The molecule has 1 heterocycles. The predicted octanol–water partition coefficient (Wildman–Crippen LogP) is 2.55. The van der Waals surface area contributed by atoms with E-state index in [-0.39, 0.29) is 18.1 Å². The Morgan fingerprint density at radius 2 is 1.79 bits per heavy atom. The minimum atomic E-state index is -0.637. The van der Waals surface area contributed by atoms with Crippen molar-refractivity contribution in [3.05, 3.63) is 53.3 Å². The van der Waals surface area contributed by atoms with E-state index in [4.69, 9.17) is 9.47 Å². The summed E-state index contributed by atoms with van der Waals surface area (Å²) in [7, 11) is 3.15. The van der Waals surface area contributed by atoms with Gasteiger partial charge in [0.2, 0.25) is 5.91 Å². The fourth-order valence-corrected chi connectivity index (χ4v) is 3.09. The highest BCUT2D eigenvalue weighted by atomic mass is 19.1. The van der Waals surface area contributed by atoms with E-state index in [1.807, 2.05) is 12.1 Å². The number of nitrogens with one attached hydrogen (secondary N) is 2. The van der Waals surface area contributed by atoms with Gasteiger partial charge in [-0.1, -0.05) is 12.1 Å². The fraction of sp³-hybridized carbons (Fsp3) is 0.300. The van der Waals surface area contributed by atoms with Gasteiger partial charge >= 0.3 is 6.03 Å². The average molecular weight is 387 g/mol. The monoisotopic (exact) mass is 387 g/mol. The van der Waals surface area contributed by atoms with Gasteiger partial charge in [0.25, 0.3) is 0 Å². The second-order valence-corrected chi connectivity index (χ2v) is 6.33. The molecule has 0 saturated carbocycles. The predicted molar refractivity (Wildman–Crippen MR) is 102 cm³/mol. The molecule has 0 aromatic heterocycles. The Morgan fingerprint density at radius 3 is 2.46 bits per heavy atom. The summed E-state index contributed by atoms with van der Waals surface area (Å²) < 4.78 is 24.2. The van der Waals surface area contributed by atoms with E-state index < -0.39 is 11.8 Å². The molecule has 2 N–H and O–H groups in total. The van der Waals surface area contributed by atoms with Crippen LogP contribution in [-0.2, 0) is 17.8 Å². The number of halogens is 1. The van der Waals surface area contributed by atoms with Crippen LogP contribution in [0.1, 0.15) is 11.1 Å². The van der Waals surface area contributed by atoms with Crippen molar-refractivity contribution in [2.45, 2.75) is 13.0 Å². The maximum atomic E-state index is 13.6. The number of rotatable bonds is 5. The zero-order valence-electron chi connectivity index (χ0n) is 15.8. The Balaban J connectivity index is 1.57. The molecule has 0 radical (unpaired) electrons. The molecule has 2 aromatic carbocycles. The Hall–Kier alpha value is -3.29. The smallest absolute Gasteiger partial charge is 0.319 e. The number of nitrogens with zero attached hydrogens (tertiary/aromatic N) is 1.